The summed E-state index contributed by atoms with van der Waals surface area (Å²) in [6, 6.07) is 10.2. The van der Waals surface area contributed by atoms with Crippen molar-refractivity contribution in [1.82, 2.24) is 20.3 Å². The molecule has 0 aliphatic carbocycles. The van der Waals surface area contributed by atoms with Gasteiger partial charge < -0.3 is 10.1 Å². The van der Waals surface area contributed by atoms with Crippen LogP contribution in [0.1, 0.15) is 19.5 Å². The molecule has 0 radical (unpaired) electrons. The molecule has 0 saturated carbocycles. The van der Waals surface area contributed by atoms with Crippen LogP contribution in [-0.4, -0.2) is 34.2 Å². The molecule has 0 bridgehead atoms. The summed E-state index contributed by atoms with van der Waals surface area (Å²) in [6.45, 7) is 6.25. The fraction of sp³-hybridized carbons (Fsp3) is 0.429. The fourth-order valence-corrected chi connectivity index (χ4v) is 1.69. The average Bonchev–Trinajstić information content (AvgIpc) is 2.93. The molecule has 5 nitrogen and oxygen atoms in total. The number of ether oxygens (including phenoxy) is 1. The molecule has 1 unspecified atom stereocenters. The topological polar surface area (TPSA) is 52.0 Å². The second-order valence-electron chi connectivity index (χ2n) is 4.40. The highest BCUT2D eigenvalue weighted by atomic mass is 16.5. The lowest BCUT2D eigenvalue weighted by atomic mass is 10.3. The molecule has 2 aromatic rings. The van der Waals surface area contributed by atoms with Gasteiger partial charge in [0.15, 0.2) is 0 Å². The van der Waals surface area contributed by atoms with Crippen molar-refractivity contribution in [2.45, 2.75) is 26.4 Å². The van der Waals surface area contributed by atoms with Gasteiger partial charge in [-0.15, -0.1) is 0 Å². The van der Waals surface area contributed by atoms with E-state index in [4.69, 9.17) is 4.74 Å². The molecule has 0 fully saturated rings. The summed E-state index contributed by atoms with van der Waals surface area (Å²) in [5, 5.41) is 12.1. The molecule has 0 aliphatic rings. The molecule has 1 N–H and O–H groups in total. The molecular formula is C14H20N4O. The van der Waals surface area contributed by atoms with Crippen molar-refractivity contribution in [2.24, 2.45) is 0 Å². The molecule has 1 heterocycles. The lowest BCUT2D eigenvalue weighted by Crippen LogP contribution is -2.30. The third-order valence-electron chi connectivity index (χ3n) is 2.73. The van der Waals surface area contributed by atoms with E-state index in [1.54, 1.807) is 11.0 Å². The number of nitrogens with one attached hydrogen (secondary N) is 1. The maximum absolute atomic E-state index is 5.35. The fourth-order valence-electron chi connectivity index (χ4n) is 1.69. The Kier molecular flexibility index (Phi) is 5.06. The maximum Gasteiger partial charge on any atom is 0.0969 e. The van der Waals surface area contributed by atoms with E-state index in [0.29, 0.717) is 19.2 Å². The zero-order valence-corrected chi connectivity index (χ0v) is 11.4. The summed E-state index contributed by atoms with van der Waals surface area (Å²) in [5.41, 5.74) is 1.89. The van der Waals surface area contributed by atoms with Crippen molar-refractivity contribution in [1.29, 1.82) is 0 Å². The summed E-state index contributed by atoms with van der Waals surface area (Å²) in [6.07, 6.45) is 1.79. The second-order valence-corrected chi connectivity index (χ2v) is 4.40. The van der Waals surface area contributed by atoms with Gasteiger partial charge in [-0.2, -0.15) is 15.0 Å². The van der Waals surface area contributed by atoms with Gasteiger partial charge in [0.25, 0.3) is 0 Å². The Morgan fingerprint density at radius 1 is 1.32 bits per heavy atom. The van der Waals surface area contributed by atoms with Crippen molar-refractivity contribution in [3.05, 3.63) is 42.2 Å². The summed E-state index contributed by atoms with van der Waals surface area (Å²) >= 11 is 0. The Morgan fingerprint density at radius 2 is 2.11 bits per heavy atom. The Hall–Kier alpha value is -1.72. The quantitative estimate of drug-likeness (QED) is 0.824. The van der Waals surface area contributed by atoms with Crippen LogP contribution in [0.2, 0.25) is 0 Å². The van der Waals surface area contributed by atoms with Gasteiger partial charge in [0, 0.05) is 19.2 Å². The van der Waals surface area contributed by atoms with E-state index in [-0.39, 0.29) is 0 Å². The smallest absolute Gasteiger partial charge is 0.0969 e. The number of rotatable bonds is 7. The summed E-state index contributed by atoms with van der Waals surface area (Å²) < 4.78 is 5.35. The van der Waals surface area contributed by atoms with Gasteiger partial charge in [0.1, 0.15) is 0 Å². The molecule has 0 saturated heterocycles. The van der Waals surface area contributed by atoms with Gasteiger partial charge in [-0.25, -0.2) is 0 Å². The lowest BCUT2D eigenvalue weighted by molar-refractivity contribution is 0.127. The molecule has 2 rings (SSSR count). The van der Waals surface area contributed by atoms with E-state index in [2.05, 4.69) is 22.4 Å². The number of aromatic nitrogens is 3. The third-order valence-corrected chi connectivity index (χ3v) is 2.73. The standard InChI is InChI=1S/C14H20N4O/c1-3-19-11-12(2)15-9-13-10-16-18(17-13)14-7-5-4-6-8-14/h4-8,10,12,15H,3,9,11H2,1-2H3. The molecule has 1 atom stereocenters. The van der Waals surface area contributed by atoms with Crippen LogP contribution in [0.5, 0.6) is 0 Å². The highest BCUT2D eigenvalue weighted by molar-refractivity contribution is 5.28. The zero-order chi connectivity index (χ0) is 13.5. The molecular weight excluding hydrogens is 240 g/mol. The SMILES string of the molecule is CCOCC(C)NCc1cnn(-c2ccccc2)n1. The number of hydrogen-bond donors (Lipinski definition) is 1. The van der Waals surface area contributed by atoms with Crippen LogP contribution in [-0.2, 0) is 11.3 Å². The lowest BCUT2D eigenvalue weighted by Gasteiger charge is -2.11. The first-order valence-corrected chi connectivity index (χ1v) is 6.57. The molecule has 1 aromatic carbocycles. The number of hydrogen-bond acceptors (Lipinski definition) is 4. The van der Waals surface area contributed by atoms with E-state index in [0.717, 1.165) is 18.0 Å². The first kappa shape index (κ1) is 13.7. The van der Waals surface area contributed by atoms with Gasteiger partial charge in [-0.1, -0.05) is 18.2 Å². The molecule has 0 spiro atoms. The molecule has 0 amide bonds. The summed E-state index contributed by atoms with van der Waals surface area (Å²) in [4.78, 5) is 1.64. The van der Waals surface area contributed by atoms with E-state index in [1.807, 2.05) is 37.3 Å². The molecule has 5 heteroatoms. The first-order chi connectivity index (χ1) is 9.29. The molecule has 1 aromatic heterocycles. The monoisotopic (exact) mass is 260 g/mol. The Morgan fingerprint density at radius 3 is 2.84 bits per heavy atom. The van der Waals surface area contributed by atoms with Gasteiger partial charge >= 0.3 is 0 Å². The molecule has 0 aliphatic heterocycles. The summed E-state index contributed by atoms with van der Waals surface area (Å²) in [5.74, 6) is 0. The minimum Gasteiger partial charge on any atom is -0.380 e. The van der Waals surface area contributed by atoms with Crippen LogP contribution in [0.4, 0.5) is 0 Å². The Balaban J connectivity index is 1.88. The summed E-state index contributed by atoms with van der Waals surface area (Å²) in [7, 11) is 0. The number of nitrogens with zero attached hydrogens (tertiary/aromatic N) is 3. The van der Waals surface area contributed by atoms with Crippen molar-refractivity contribution in [3.8, 4) is 5.69 Å². The Bertz CT molecular complexity index is 483. The molecule has 102 valence electrons. The van der Waals surface area contributed by atoms with Crippen molar-refractivity contribution >= 4 is 0 Å². The van der Waals surface area contributed by atoms with E-state index < -0.39 is 0 Å². The van der Waals surface area contributed by atoms with E-state index >= 15 is 0 Å². The first-order valence-electron chi connectivity index (χ1n) is 6.57. The minimum absolute atomic E-state index is 0.307. The van der Waals surface area contributed by atoms with Crippen LogP contribution in [0.3, 0.4) is 0 Å². The van der Waals surface area contributed by atoms with Crippen LogP contribution in [0.25, 0.3) is 5.69 Å². The van der Waals surface area contributed by atoms with Gasteiger partial charge in [0.05, 0.1) is 24.2 Å². The van der Waals surface area contributed by atoms with E-state index in [9.17, 15) is 0 Å². The van der Waals surface area contributed by atoms with Crippen LogP contribution in [0, 0.1) is 0 Å². The third kappa shape index (κ3) is 4.15. The molecule has 19 heavy (non-hydrogen) atoms. The highest BCUT2D eigenvalue weighted by Crippen LogP contribution is 2.04. The van der Waals surface area contributed by atoms with Crippen molar-refractivity contribution in [3.63, 3.8) is 0 Å². The van der Waals surface area contributed by atoms with Crippen molar-refractivity contribution in [2.75, 3.05) is 13.2 Å². The number of para-hydroxylation sites is 1. The average molecular weight is 260 g/mol. The van der Waals surface area contributed by atoms with Gasteiger partial charge in [0.2, 0.25) is 0 Å². The van der Waals surface area contributed by atoms with Crippen molar-refractivity contribution < 1.29 is 4.74 Å². The van der Waals surface area contributed by atoms with Gasteiger partial charge in [-0.05, 0) is 26.0 Å². The normalized spacial score (nSPS) is 12.5. The van der Waals surface area contributed by atoms with Crippen LogP contribution < -0.4 is 5.32 Å². The second kappa shape index (κ2) is 7.01. The minimum atomic E-state index is 0.307. The van der Waals surface area contributed by atoms with Gasteiger partial charge in [-0.3, -0.25) is 0 Å². The number of benzene rings is 1. The predicted octanol–water partition coefficient (Wildman–Crippen LogP) is 1.78. The maximum atomic E-state index is 5.35. The highest BCUT2D eigenvalue weighted by Gasteiger charge is 2.05. The van der Waals surface area contributed by atoms with Crippen LogP contribution in [0.15, 0.2) is 36.5 Å². The van der Waals surface area contributed by atoms with Crippen LogP contribution >= 0.6 is 0 Å². The largest absolute Gasteiger partial charge is 0.380 e. The van der Waals surface area contributed by atoms with E-state index in [1.165, 1.54) is 0 Å². The Labute approximate surface area is 113 Å². The predicted molar refractivity (Wildman–Crippen MR) is 74.2 cm³/mol. The zero-order valence-electron chi connectivity index (χ0n) is 11.4.